The second-order valence-electron chi connectivity index (χ2n) is 5.91. The molecule has 0 bridgehead atoms. The summed E-state index contributed by atoms with van der Waals surface area (Å²) in [4.78, 5) is 13.0. The summed E-state index contributed by atoms with van der Waals surface area (Å²) in [6.07, 6.45) is 3.08. The standard InChI is InChI=1S/C17H21F2N5S.HI/c18-14-10-13(11-15(19)12-14)2-1-3-21-16(20)23-5-7-24(8-6-23)17-22-4-9-25-17;/h4,9-12H,1-3,5-8H2,(H2,20,21);1H. The molecule has 2 heterocycles. The summed E-state index contributed by atoms with van der Waals surface area (Å²) in [5.41, 5.74) is 6.71. The molecule has 3 rings (SSSR count). The van der Waals surface area contributed by atoms with E-state index >= 15 is 0 Å². The van der Waals surface area contributed by atoms with Crippen LogP contribution in [0.4, 0.5) is 13.9 Å². The molecule has 5 nitrogen and oxygen atoms in total. The first-order chi connectivity index (χ1) is 12.1. The van der Waals surface area contributed by atoms with Crippen molar-refractivity contribution in [3.05, 3.63) is 47.0 Å². The van der Waals surface area contributed by atoms with E-state index in [1.807, 2.05) is 11.6 Å². The molecule has 1 saturated heterocycles. The molecule has 1 aliphatic rings. The maximum atomic E-state index is 13.1. The lowest BCUT2D eigenvalue weighted by molar-refractivity contribution is 0.380. The van der Waals surface area contributed by atoms with E-state index < -0.39 is 11.6 Å². The van der Waals surface area contributed by atoms with Crippen LogP contribution >= 0.6 is 35.3 Å². The Hall–Kier alpha value is -1.49. The van der Waals surface area contributed by atoms with Crippen molar-refractivity contribution in [2.45, 2.75) is 12.8 Å². The molecule has 1 fully saturated rings. The van der Waals surface area contributed by atoms with Gasteiger partial charge in [-0.1, -0.05) is 0 Å². The highest BCUT2D eigenvalue weighted by Crippen LogP contribution is 2.18. The van der Waals surface area contributed by atoms with E-state index in [9.17, 15) is 8.78 Å². The second kappa shape index (κ2) is 10.0. The highest BCUT2D eigenvalue weighted by molar-refractivity contribution is 14.0. The molecule has 1 aliphatic heterocycles. The summed E-state index contributed by atoms with van der Waals surface area (Å²) in [6, 6.07) is 3.59. The fourth-order valence-electron chi connectivity index (χ4n) is 2.83. The minimum Gasteiger partial charge on any atom is -0.370 e. The summed E-state index contributed by atoms with van der Waals surface area (Å²) >= 11 is 1.64. The number of hydrogen-bond donors (Lipinski definition) is 1. The van der Waals surface area contributed by atoms with Gasteiger partial charge in [-0.15, -0.1) is 35.3 Å². The van der Waals surface area contributed by atoms with Crippen LogP contribution in [-0.4, -0.2) is 48.6 Å². The molecule has 0 spiro atoms. The minimum absolute atomic E-state index is 0. The van der Waals surface area contributed by atoms with Crippen LogP contribution in [0.1, 0.15) is 12.0 Å². The molecule has 0 atom stereocenters. The molecule has 2 N–H and O–H groups in total. The second-order valence-corrected chi connectivity index (χ2v) is 6.78. The van der Waals surface area contributed by atoms with Crippen molar-refractivity contribution in [2.24, 2.45) is 10.7 Å². The Kier molecular flexibility index (Phi) is 8.01. The lowest BCUT2D eigenvalue weighted by atomic mass is 10.1. The third kappa shape index (κ3) is 5.76. The van der Waals surface area contributed by atoms with Crippen LogP contribution in [0.5, 0.6) is 0 Å². The Bertz CT molecular complexity index is 698. The van der Waals surface area contributed by atoms with Crippen molar-refractivity contribution < 1.29 is 8.78 Å². The van der Waals surface area contributed by atoms with Gasteiger partial charge < -0.3 is 15.5 Å². The fraction of sp³-hybridized carbons (Fsp3) is 0.412. The van der Waals surface area contributed by atoms with Crippen molar-refractivity contribution in [3.63, 3.8) is 0 Å². The monoisotopic (exact) mass is 493 g/mol. The van der Waals surface area contributed by atoms with Crippen LogP contribution in [0.3, 0.4) is 0 Å². The van der Waals surface area contributed by atoms with Crippen LogP contribution in [0.2, 0.25) is 0 Å². The molecule has 1 aromatic heterocycles. The fourth-order valence-corrected chi connectivity index (χ4v) is 3.53. The molecule has 26 heavy (non-hydrogen) atoms. The number of piperazine rings is 1. The van der Waals surface area contributed by atoms with Gasteiger partial charge in [0.25, 0.3) is 0 Å². The van der Waals surface area contributed by atoms with Crippen molar-refractivity contribution in [2.75, 3.05) is 37.6 Å². The normalized spacial score (nSPS) is 15.1. The number of guanidine groups is 1. The molecular formula is C17H22F2IN5S. The van der Waals surface area contributed by atoms with Gasteiger partial charge in [-0.05, 0) is 30.5 Å². The topological polar surface area (TPSA) is 57.8 Å². The van der Waals surface area contributed by atoms with Crippen LogP contribution < -0.4 is 10.6 Å². The molecule has 0 radical (unpaired) electrons. The Morgan fingerprint density at radius 3 is 2.46 bits per heavy atom. The lowest BCUT2D eigenvalue weighted by Gasteiger charge is -2.35. The first-order valence-electron chi connectivity index (χ1n) is 8.26. The minimum atomic E-state index is -0.545. The number of thiazole rings is 1. The highest BCUT2D eigenvalue weighted by Gasteiger charge is 2.19. The third-order valence-electron chi connectivity index (χ3n) is 4.11. The van der Waals surface area contributed by atoms with Gasteiger partial charge in [0.1, 0.15) is 11.6 Å². The van der Waals surface area contributed by atoms with Gasteiger partial charge in [0.2, 0.25) is 0 Å². The van der Waals surface area contributed by atoms with Crippen LogP contribution in [0, 0.1) is 11.6 Å². The summed E-state index contributed by atoms with van der Waals surface area (Å²) in [5, 5.41) is 3.01. The Morgan fingerprint density at radius 2 is 1.85 bits per heavy atom. The molecule has 0 saturated carbocycles. The van der Waals surface area contributed by atoms with Gasteiger partial charge in [0, 0.05) is 50.4 Å². The van der Waals surface area contributed by atoms with Gasteiger partial charge in [0.05, 0.1) is 0 Å². The zero-order chi connectivity index (χ0) is 17.6. The Morgan fingerprint density at radius 1 is 1.15 bits per heavy atom. The van der Waals surface area contributed by atoms with Crippen molar-refractivity contribution in [1.82, 2.24) is 9.88 Å². The number of halogens is 3. The molecule has 142 valence electrons. The van der Waals surface area contributed by atoms with E-state index in [4.69, 9.17) is 5.73 Å². The average molecular weight is 493 g/mol. The van der Waals surface area contributed by atoms with Crippen LogP contribution in [-0.2, 0) is 6.42 Å². The Labute approximate surface area is 172 Å². The van der Waals surface area contributed by atoms with Gasteiger partial charge in [-0.3, -0.25) is 4.99 Å². The van der Waals surface area contributed by atoms with E-state index in [-0.39, 0.29) is 24.0 Å². The molecular weight excluding hydrogens is 471 g/mol. The predicted molar refractivity (Wildman–Crippen MR) is 112 cm³/mol. The summed E-state index contributed by atoms with van der Waals surface area (Å²) < 4.78 is 26.3. The average Bonchev–Trinajstić information content (AvgIpc) is 3.12. The maximum Gasteiger partial charge on any atom is 0.191 e. The molecule has 9 heteroatoms. The SMILES string of the molecule is I.NC(=NCCCc1cc(F)cc(F)c1)N1CCN(c2nccs2)CC1. The molecule has 0 unspecified atom stereocenters. The number of aromatic nitrogens is 1. The molecule has 0 aliphatic carbocycles. The van der Waals surface area contributed by atoms with Crippen molar-refractivity contribution in [3.8, 4) is 0 Å². The largest absolute Gasteiger partial charge is 0.370 e. The summed E-state index contributed by atoms with van der Waals surface area (Å²) in [6.45, 7) is 3.89. The molecule has 0 amide bonds. The predicted octanol–water partition coefficient (Wildman–Crippen LogP) is 3.11. The number of hydrogen-bond acceptors (Lipinski definition) is 4. The van der Waals surface area contributed by atoms with E-state index in [1.165, 1.54) is 12.1 Å². The number of benzene rings is 1. The number of nitrogens with two attached hydrogens (primary N) is 1. The number of anilines is 1. The van der Waals surface area contributed by atoms with Gasteiger partial charge in [-0.2, -0.15) is 0 Å². The number of rotatable bonds is 5. The summed E-state index contributed by atoms with van der Waals surface area (Å²) in [5.74, 6) is -0.559. The number of nitrogens with zero attached hydrogens (tertiary/aromatic N) is 4. The highest BCUT2D eigenvalue weighted by atomic mass is 127. The van der Waals surface area contributed by atoms with Gasteiger partial charge >= 0.3 is 0 Å². The number of aryl methyl sites for hydroxylation is 1. The zero-order valence-electron chi connectivity index (χ0n) is 14.3. The lowest BCUT2D eigenvalue weighted by Crippen LogP contribution is -2.51. The van der Waals surface area contributed by atoms with Gasteiger partial charge in [0.15, 0.2) is 11.1 Å². The van der Waals surface area contributed by atoms with Crippen LogP contribution in [0.25, 0.3) is 0 Å². The van der Waals surface area contributed by atoms with Gasteiger partial charge in [-0.25, -0.2) is 13.8 Å². The summed E-state index contributed by atoms with van der Waals surface area (Å²) in [7, 11) is 0. The van der Waals surface area contributed by atoms with Crippen molar-refractivity contribution in [1.29, 1.82) is 0 Å². The Balaban J connectivity index is 0.00000243. The van der Waals surface area contributed by atoms with Crippen LogP contribution in [0.15, 0.2) is 34.8 Å². The smallest absolute Gasteiger partial charge is 0.191 e. The third-order valence-corrected chi connectivity index (χ3v) is 4.95. The number of aliphatic imine (C=N–C) groups is 1. The first-order valence-corrected chi connectivity index (χ1v) is 9.14. The van der Waals surface area contributed by atoms with E-state index in [0.717, 1.165) is 37.4 Å². The van der Waals surface area contributed by atoms with Crippen molar-refractivity contribution >= 4 is 46.4 Å². The zero-order valence-corrected chi connectivity index (χ0v) is 17.4. The molecule has 1 aromatic carbocycles. The van der Waals surface area contributed by atoms with E-state index in [2.05, 4.69) is 19.8 Å². The maximum absolute atomic E-state index is 13.1. The molecule has 2 aromatic rings. The first kappa shape index (κ1) is 20.8. The van der Waals surface area contributed by atoms with E-state index in [1.54, 1.807) is 11.3 Å². The quantitative estimate of drug-likeness (QED) is 0.301. The van der Waals surface area contributed by atoms with E-state index in [0.29, 0.717) is 30.9 Å².